The lowest BCUT2D eigenvalue weighted by atomic mass is 10.1. The Kier molecular flexibility index (Phi) is 5.08. The molecule has 0 aliphatic carbocycles. The van der Waals surface area contributed by atoms with Gasteiger partial charge in [-0.2, -0.15) is 0 Å². The molecule has 1 saturated heterocycles. The fraction of sp³-hybridized carbons (Fsp3) is 0.714. The Hall–Kier alpha value is -1.00. The van der Waals surface area contributed by atoms with E-state index in [0.717, 1.165) is 31.0 Å². The summed E-state index contributed by atoms with van der Waals surface area (Å²) in [4.78, 5) is 11.2. The third-order valence-electron chi connectivity index (χ3n) is 3.41. The van der Waals surface area contributed by atoms with Crippen molar-refractivity contribution in [1.82, 2.24) is 20.2 Å². The third-order valence-corrected chi connectivity index (χ3v) is 3.41. The van der Waals surface area contributed by atoms with E-state index in [2.05, 4.69) is 27.1 Å². The highest BCUT2D eigenvalue weighted by Gasteiger charge is 2.19. The lowest BCUT2D eigenvalue weighted by molar-refractivity contribution is 0.181. The predicted molar refractivity (Wildman–Crippen MR) is 73.4 cm³/mol. The summed E-state index contributed by atoms with van der Waals surface area (Å²) < 4.78 is 0. The number of piperidine rings is 1. The Balaban J connectivity index is 1.83. The molecule has 0 amide bonds. The van der Waals surface area contributed by atoms with Gasteiger partial charge in [-0.05, 0) is 39.3 Å². The van der Waals surface area contributed by atoms with Crippen molar-refractivity contribution in [2.45, 2.75) is 45.7 Å². The summed E-state index contributed by atoms with van der Waals surface area (Å²) in [6.45, 7) is 8.56. The molecule has 1 aliphatic heterocycles. The second-order valence-corrected chi connectivity index (χ2v) is 5.18. The molecule has 0 spiro atoms. The summed E-state index contributed by atoms with van der Waals surface area (Å²) in [5.74, 6) is 0. The summed E-state index contributed by atoms with van der Waals surface area (Å²) >= 11 is 0. The third kappa shape index (κ3) is 4.03. The van der Waals surface area contributed by atoms with Crippen LogP contribution in [0.2, 0.25) is 0 Å². The minimum absolute atomic E-state index is 0.650. The molecule has 1 atom stereocenters. The number of hydrogen-bond acceptors (Lipinski definition) is 4. The lowest BCUT2D eigenvalue weighted by Crippen LogP contribution is -2.45. The van der Waals surface area contributed by atoms with Gasteiger partial charge >= 0.3 is 0 Å². The van der Waals surface area contributed by atoms with Crippen molar-refractivity contribution >= 4 is 0 Å². The van der Waals surface area contributed by atoms with E-state index in [1.807, 2.05) is 19.3 Å². The van der Waals surface area contributed by atoms with Crippen LogP contribution in [0.3, 0.4) is 0 Å². The maximum absolute atomic E-state index is 4.43. The Morgan fingerprint density at radius 3 is 3.00 bits per heavy atom. The minimum atomic E-state index is 0.650. The first-order valence-electron chi connectivity index (χ1n) is 7.01. The van der Waals surface area contributed by atoms with Gasteiger partial charge in [-0.25, -0.2) is 0 Å². The Labute approximate surface area is 110 Å². The van der Waals surface area contributed by atoms with E-state index in [-0.39, 0.29) is 0 Å². The molecule has 100 valence electrons. The zero-order chi connectivity index (χ0) is 12.8. The summed E-state index contributed by atoms with van der Waals surface area (Å²) in [7, 11) is 0. The van der Waals surface area contributed by atoms with Crippen molar-refractivity contribution in [2.24, 2.45) is 0 Å². The highest BCUT2D eigenvalue weighted by molar-refractivity contribution is 5.00. The number of aryl methyl sites for hydroxylation is 1. The molecule has 1 N–H and O–H groups in total. The molecular weight excluding hydrogens is 224 g/mol. The molecule has 1 unspecified atom stereocenters. The van der Waals surface area contributed by atoms with Gasteiger partial charge < -0.3 is 5.32 Å². The van der Waals surface area contributed by atoms with Crippen LogP contribution in [-0.4, -0.2) is 40.5 Å². The summed E-state index contributed by atoms with van der Waals surface area (Å²) in [5.41, 5.74) is 2.07. The van der Waals surface area contributed by atoms with Crippen molar-refractivity contribution in [1.29, 1.82) is 0 Å². The van der Waals surface area contributed by atoms with Crippen molar-refractivity contribution in [3.63, 3.8) is 0 Å². The summed E-state index contributed by atoms with van der Waals surface area (Å²) in [5, 5.41) is 3.62. The second-order valence-electron chi connectivity index (χ2n) is 5.18. The smallest absolute Gasteiger partial charge is 0.0727 e. The SMILES string of the molecule is CCCNC1CCCN(Cc2cnc(C)cn2)C1. The molecule has 4 heteroatoms. The first-order valence-corrected chi connectivity index (χ1v) is 7.01. The zero-order valence-electron chi connectivity index (χ0n) is 11.5. The van der Waals surface area contributed by atoms with Crippen LogP contribution >= 0.6 is 0 Å². The van der Waals surface area contributed by atoms with E-state index < -0.39 is 0 Å². The van der Waals surface area contributed by atoms with Gasteiger partial charge in [0.25, 0.3) is 0 Å². The standard InChI is InChI=1S/C14H24N4/c1-3-6-15-13-5-4-7-18(10-13)11-14-9-16-12(2)8-17-14/h8-9,13,15H,3-7,10-11H2,1-2H3. The first-order chi connectivity index (χ1) is 8.78. The number of hydrogen-bond donors (Lipinski definition) is 1. The summed E-state index contributed by atoms with van der Waals surface area (Å²) in [6, 6.07) is 0.650. The van der Waals surface area contributed by atoms with Gasteiger partial charge in [0, 0.05) is 31.5 Å². The molecule has 0 saturated carbocycles. The maximum atomic E-state index is 4.43. The van der Waals surface area contributed by atoms with Crippen LogP contribution in [0, 0.1) is 6.92 Å². The molecule has 4 nitrogen and oxygen atoms in total. The van der Waals surface area contributed by atoms with Crippen molar-refractivity contribution in [3.05, 3.63) is 23.8 Å². The van der Waals surface area contributed by atoms with Gasteiger partial charge in [0.2, 0.25) is 0 Å². The number of nitrogens with zero attached hydrogens (tertiary/aromatic N) is 3. The fourth-order valence-electron chi connectivity index (χ4n) is 2.44. The monoisotopic (exact) mass is 248 g/mol. The maximum Gasteiger partial charge on any atom is 0.0727 e. The number of rotatable bonds is 5. The van der Waals surface area contributed by atoms with E-state index in [1.54, 1.807) is 0 Å². The molecular formula is C14H24N4. The van der Waals surface area contributed by atoms with E-state index in [4.69, 9.17) is 0 Å². The van der Waals surface area contributed by atoms with Gasteiger partial charge in [0.05, 0.1) is 11.4 Å². The molecule has 0 bridgehead atoms. The molecule has 1 aromatic rings. The van der Waals surface area contributed by atoms with Gasteiger partial charge in [0.15, 0.2) is 0 Å². The fourth-order valence-corrected chi connectivity index (χ4v) is 2.44. The Morgan fingerprint density at radius 1 is 1.39 bits per heavy atom. The average Bonchev–Trinajstić information content (AvgIpc) is 2.40. The van der Waals surface area contributed by atoms with E-state index in [9.17, 15) is 0 Å². The van der Waals surface area contributed by atoms with Gasteiger partial charge in [-0.1, -0.05) is 6.92 Å². The van der Waals surface area contributed by atoms with Crippen LogP contribution in [0.15, 0.2) is 12.4 Å². The molecule has 0 aromatic carbocycles. The lowest BCUT2D eigenvalue weighted by Gasteiger charge is -2.32. The molecule has 2 rings (SSSR count). The molecule has 2 heterocycles. The van der Waals surface area contributed by atoms with E-state index >= 15 is 0 Å². The van der Waals surface area contributed by atoms with Crippen LogP contribution in [-0.2, 0) is 6.54 Å². The second kappa shape index (κ2) is 6.81. The van der Waals surface area contributed by atoms with Crippen molar-refractivity contribution in [3.8, 4) is 0 Å². The largest absolute Gasteiger partial charge is 0.313 e. The van der Waals surface area contributed by atoms with Crippen LogP contribution in [0.1, 0.15) is 37.6 Å². The number of aromatic nitrogens is 2. The van der Waals surface area contributed by atoms with Crippen molar-refractivity contribution in [2.75, 3.05) is 19.6 Å². The number of nitrogens with one attached hydrogen (secondary N) is 1. The molecule has 1 fully saturated rings. The van der Waals surface area contributed by atoms with E-state index in [0.29, 0.717) is 6.04 Å². The normalized spacial score (nSPS) is 21.1. The molecule has 0 radical (unpaired) electrons. The zero-order valence-corrected chi connectivity index (χ0v) is 11.5. The predicted octanol–water partition coefficient (Wildman–Crippen LogP) is 1.75. The topological polar surface area (TPSA) is 41.0 Å². The van der Waals surface area contributed by atoms with E-state index in [1.165, 1.54) is 25.8 Å². The first kappa shape index (κ1) is 13.4. The van der Waals surface area contributed by atoms with Crippen LogP contribution in [0.4, 0.5) is 0 Å². The minimum Gasteiger partial charge on any atom is -0.313 e. The average molecular weight is 248 g/mol. The highest BCUT2D eigenvalue weighted by atomic mass is 15.2. The van der Waals surface area contributed by atoms with Crippen LogP contribution in [0.25, 0.3) is 0 Å². The highest BCUT2D eigenvalue weighted by Crippen LogP contribution is 2.12. The molecule has 1 aromatic heterocycles. The van der Waals surface area contributed by atoms with Crippen LogP contribution in [0.5, 0.6) is 0 Å². The van der Waals surface area contributed by atoms with Crippen LogP contribution < -0.4 is 5.32 Å². The Morgan fingerprint density at radius 2 is 2.28 bits per heavy atom. The molecule has 18 heavy (non-hydrogen) atoms. The molecule has 1 aliphatic rings. The van der Waals surface area contributed by atoms with Gasteiger partial charge in [0.1, 0.15) is 0 Å². The Bertz CT molecular complexity index is 349. The summed E-state index contributed by atoms with van der Waals surface area (Å²) in [6.07, 6.45) is 7.54. The quantitative estimate of drug-likeness (QED) is 0.862. The van der Waals surface area contributed by atoms with Gasteiger partial charge in [-0.3, -0.25) is 14.9 Å². The number of likely N-dealkylation sites (tertiary alicyclic amines) is 1. The van der Waals surface area contributed by atoms with Gasteiger partial charge in [-0.15, -0.1) is 0 Å². The van der Waals surface area contributed by atoms with Crippen molar-refractivity contribution < 1.29 is 0 Å².